The minimum atomic E-state index is -3.74. The molecule has 0 N–H and O–H groups in total. The molecule has 0 aliphatic carbocycles. The van der Waals surface area contributed by atoms with Crippen molar-refractivity contribution in [2.45, 2.75) is 37.3 Å². The molecule has 0 unspecified atom stereocenters. The van der Waals surface area contributed by atoms with Crippen LogP contribution in [-0.4, -0.2) is 38.4 Å². The van der Waals surface area contributed by atoms with Gasteiger partial charge in [0.2, 0.25) is 10.0 Å². The lowest BCUT2D eigenvalue weighted by Gasteiger charge is -2.23. The van der Waals surface area contributed by atoms with Crippen molar-refractivity contribution < 1.29 is 22.7 Å². The third-order valence-electron chi connectivity index (χ3n) is 4.70. The molecule has 0 amide bonds. The number of methoxy groups -OCH3 is 1. The van der Waals surface area contributed by atoms with Gasteiger partial charge in [-0.3, -0.25) is 4.79 Å². The predicted molar refractivity (Wildman–Crippen MR) is 109 cm³/mol. The van der Waals surface area contributed by atoms with Crippen LogP contribution in [-0.2, 0) is 26.2 Å². The van der Waals surface area contributed by atoms with Gasteiger partial charge in [0.1, 0.15) is 18.4 Å². The first-order chi connectivity index (χ1) is 13.3. The number of carbonyl (C=O) groups excluding carboxylic acids is 1. The molecule has 0 spiro atoms. The Morgan fingerprint density at radius 1 is 1.21 bits per heavy atom. The van der Waals surface area contributed by atoms with Crippen LogP contribution in [0.5, 0.6) is 5.75 Å². The maximum Gasteiger partial charge on any atom is 0.324 e. The molecule has 1 saturated heterocycles. The van der Waals surface area contributed by atoms with Gasteiger partial charge in [-0.1, -0.05) is 23.8 Å². The fourth-order valence-corrected chi connectivity index (χ4v) is 5.39. The smallest absolute Gasteiger partial charge is 0.324 e. The summed E-state index contributed by atoms with van der Waals surface area (Å²) in [6.45, 7) is 2.27. The van der Waals surface area contributed by atoms with Gasteiger partial charge in [0.05, 0.1) is 16.5 Å². The second-order valence-corrected chi connectivity index (χ2v) is 9.41. The van der Waals surface area contributed by atoms with E-state index in [9.17, 15) is 13.2 Å². The van der Waals surface area contributed by atoms with E-state index < -0.39 is 22.0 Å². The number of ether oxygens (including phenoxy) is 2. The fourth-order valence-electron chi connectivity index (χ4n) is 3.16. The van der Waals surface area contributed by atoms with Crippen molar-refractivity contribution >= 4 is 31.9 Å². The van der Waals surface area contributed by atoms with Crippen LogP contribution < -0.4 is 4.74 Å². The zero-order valence-corrected chi connectivity index (χ0v) is 18.1. The molecule has 2 aromatic rings. The van der Waals surface area contributed by atoms with Crippen LogP contribution in [0.3, 0.4) is 0 Å². The van der Waals surface area contributed by atoms with E-state index in [1.165, 1.54) is 4.31 Å². The molecule has 8 heteroatoms. The number of esters is 1. The minimum Gasteiger partial charge on any atom is -0.496 e. The number of aryl methyl sites for hydroxylation is 1. The summed E-state index contributed by atoms with van der Waals surface area (Å²) in [5.74, 6) is 0.154. The third-order valence-corrected chi connectivity index (χ3v) is 7.24. The normalized spacial score (nSPS) is 17.5. The molecule has 1 fully saturated rings. The summed E-state index contributed by atoms with van der Waals surface area (Å²) >= 11 is 3.39. The van der Waals surface area contributed by atoms with Crippen molar-refractivity contribution in [2.24, 2.45) is 0 Å². The summed E-state index contributed by atoms with van der Waals surface area (Å²) in [7, 11) is -2.17. The first-order valence-corrected chi connectivity index (χ1v) is 11.1. The second kappa shape index (κ2) is 8.63. The van der Waals surface area contributed by atoms with E-state index in [4.69, 9.17) is 9.47 Å². The molecule has 0 bridgehead atoms. The van der Waals surface area contributed by atoms with E-state index in [-0.39, 0.29) is 11.5 Å². The zero-order valence-electron chi connectivity index (χ0n) is 15.7. The van der Waals surface area contributed by atoms with Gasteiger partial charge in [-0.25, -0.2) is 8.42 Å². The minimum absolute atomic E-state index is 0.0658. The molecular weight excluding hydrogens is 446 g/mol. The number of sulfonamides is 1. The lowest BCUT2D eigenvalue weighted by Crippen LogP contribution is -2.41. The van der Waals surface area contributed by atoms with Crippen LogP contribution in [0.4, 0.5) is 0 Å². The average Bonchev–Trinajstić information content (AvgIpc) is 3.17. The maximum absolute atomic E-state index is 12.9. The first kappa shape index (κ1) is 20.8. The fraction of sp³-hybridized carbons (Fsp3) is 0.350. The van der Waals surface area contributed by atoms with E-state index >= 15 is 0 Å². The van der Waals surface area contributed by atoms with Crippen LogP contribution in [0.2, 0.25) is 0 Å². The van der Waals surface area contributed by atoms with Crippen molar-refractivity contribution in [3.05, 3.63) is 58.1 Å². The van der Waals surface area contributed by atoms with Crippen molar-refractivity contribution in [2.75, 3.05) is 13.7 Å². The van der Waals surface area contributed by atoms with Gasteiger partial charge >= 0.3 is 5.97 Å². The maximum atomic E-state index is 12.9. The number of hydrogen-bond acceptors (Lipinski definition) is 5. The van der Waals surface area contributed by atoms with Crippen LogP contribution in [0, 0.1) is 6.92 Å². The van der Waals surface area contributed by atoms with Crippen molar-refractivity contribution in [1.29, 1.82) is 0 Å². The Labute approximate surface area is 173 Å². The van der Waals surface area contributed by atoms with E-state index in [1.807, 2.05) is 13.0 Å². The van der Waals surface area contributed by atoms with Gasteiger partial charge in [0.25, 0.3) is 0 Å². The number of halogens is 1. The Morgan fingerprint density at radius 3 is 2.57 bits per heavy atom. The van der Waals surface area contributed by atoms with Gasteiger partial charge in [-0.2, -0.15) is 4.31 Å². The Balaban J connectivity index is 1.70. The molecule has 0 saturated carbocycles. The molecule has 6 nitrogen and oxygen atoms in total. The second-order valence-electron chi connectivity index (χ2n) is 6.66. The summed E-state index contributed by atoms with van der Waals surface area (Å²) < 4.78 is 38.5. The highest BCUT2D eigenvalue weighted by molar-refractivity contribution is 9.10. The molecule has 2 aromatic carbocycles. The highest BCUT2D eigenvalue weighted by Gasteiger charge is 2.40. The lowest BCUT2D eigenvalue weighted by atomic mass is 10.2. The van der Waals surface area contributed by atoms with E-state index in [1.54, 1.807) is 43.5 Å². The third kappa shape index (κ3) is 4.39. The van der Waals surface area contributed by atoms with E-state index in [0.717, 1.165) is 15.6 Å². The largest absolute Gasteiger partial charge is 0.496 e. The molecule has 1 aliphatic heterocycles. The summed E-state index contributed by atoms with van der Waals surface area (Å²) in [6, 6.07) is 11.2. The highest BCUT2D eigenvalue weighted by atomic mass is 79.9. The standard InChI is InChI=1S/C20H22BrNO5S/c1-14-5-8-16(9-6-14)28(24,25)22-11-3-4-18(22)20(23)27-13-15-7-10-19(26-2)17(21)12-15/h5-10,12,18H,3-4,11,13H2,1-2H3/t18-/m0/s1. The molecule has 150 valence electrons. The SMILES string of the molecule is COc1ccc(COC(=O)[C@@H]2CCCN2S(=O)(=O)c2ccc(C)cc2)cc1Br. The van der Waals surface area contributed by atoms with E-state index in [2.05, 4.69) is 15.9 Å². The molecule has 28 heavy (non-hydrogen) atoms. The quantitative estimate of drug-likeness (QED) is 0.606. The summed E-state index contributed by atoms with van der Waals surface area (Å²) in [4.78, 5) is 12.8. The van der Waals surface area contributed by atoms with Crippen LogP contribution in [0.15, 0.2) is 51.8 Å². The van der Waals surface area contributed by atoms with Crippen LogP contribution >= 0.6 is 15.9 Å². The lowest BCUT2D eigenvalue weighted by molar-refractivity contribution is -0.148. The van der Waals surface area contributed by atoms with Gasteiger partial charge in [0, 0.05) is 6.54 Å². The number of nitrogens with zero attached hydrogens (tertiary/aromatic N) is 1. The molecule has 0 aromatic heterocycles. The number of carbonyl (C=O) groups is 1. The number of rotatable bonds is 6. The van der Waals surface area contributed by atoms with Crippen molar-refractivity contribution in [3.8, 4) is 5.75 Å². The molecule has 3 rings (SSSR count). The molecular formula is C20H22BrNO5S. The number of hydrogen-bond donors (Lipinski definition) is 0. The van der Waals surface area contributed by atoms with Gasteiger partial charge in [-0.15, -0.1) is 0 Å². The zero-order chi connectivity index (χ0) is 20.3. The van der Waals surface area contributed by atoms with Crippen LogP contribution in [0.25, 0.3) is 0 Å². The Bertz CT molecular complexity index is 959. The summed E-state index contributed by atoms with van der Waals surface area (Å²) in [5, 5.41) is 0. The molecule has 1 atom stereocenters. The topological polar surface area (TPSA) is 72.9 Å². The Morgan fingerprint density at radius 2 is 1.93 bits per heavy atom. The first-order valence-electron chi connectivity index (χ1n) is 8.90. The van der Waals surface area contributed by atoms with E-state index in [0.29, 0.717) is 25.1 Å². The molecule has 1 aliphatic rings. The summed E-state index contributed by atoms with van der Waals surface area (Å²) in [6.07, 6.45) is 1.08. The van der Waals surface area contributed by atoms with Crippen LogP contribution in [0.1, 0.15) is 24.0 Å². The van der Waals surface area contributed by atoms with Gasteiger partial charge < -0.3 is 9.47 Å². The molecule has 0 radical (unpaired) electrons. The average molecular weight is 468 g/mol. The Kier molecular flexibility index (Phi) is 6.42. The Hall–Kier alpha value is -1.90. The van der Waals surface area contributed by atoms with Crippen molar-refractivity contribution in [1.82, 2.24) is 4.31 Å². The van der Waals surface area contributed by atoms with Crippen molar-refractivity contribution in [3.63, 3.8) is 0 Å². The predicted octanol–water partition coefficient (Wildman–Crippen LogP) is 3.66. The van der Waals surface area contributed by atoms with Gasteiger partial charge in [-0.05, 0) is 65.5 Å². The number of benzene rings is 2. The van der Waals surface area contributed by atoms with Gasteiger partial charge in [0.15, 0.2) is 0 Å². The summed E-state index contributed by atoms with van der Waals surface area (Å²) in [5.41, 5.74) is 1.76. The molecule has 1 heterocycles. The monoisotopic (exact) mass is 467 g/mol. The highest BCUT2D eigenvalue weighted by Crippen LogP contribution is 2.28.